The Labute approximate surface area is 121 Å². The Hall–Kier alpha value is -1.57. The molecule has 0 atom stereocenters. The van der Waals surface area contributed by atoms with Crippen LogP contribution in [0.25, 0.3) is 0 Å². The van der Waals surface area contributed by atoms with E-state index in [1.165, 1.54) is 6.07 Å². The van der Waals surface area contributed by atoms with Gasteiger partial charge in [0.25, 0.3) is 0 Å². The molecule has 1 saturated carbocycles. The molecule has 2 rings (SSSR count). The van der Waals surface area contributed by atoms with Gasteiger partial charge < -0.3 is 15.3 Å². The van der Waals surface area contributed by atoms with Crippen LogP contribution < -0.4 is 10.2 Å². The molecule has 1 aromatic heterocycles. The minimum Gasteiger partial charge on any atom is -0.395 e. The van der Waals surface area contributed by atoms with Crippen LogP contribution in [0.1, 0.15) is 32.0 Å². The first-order valence-electron chi connectivity index (χ1n) is 7.03. The summed E-state index contributed by atoms with van der Waals surface area (Å²) in [6.07, 6.45) is -2.00. The quantitative estimate of drug-likeness (QED) is 0.809. The molecule has 0 unspecified atom stereocenters. The Morgan fingerprint density at radius 2 is 2.10 bits per heavy atom. The second-order valence-electron chi connectivity index (χ2n) is 5.01. The van der Waals surface area contributed by atoms with E-state index in [0.29, 0.717) is 6.54 Å². The number of aliphatic hydroxyl groups is 1. The third-order valence-corrected chi connectivity index (χ3v) is 3.15. The Morgan fingerprint density at radius 3 is 2.62 bits per heavy atom. The summed E-state index contributed by atoms with van der Waals surface area (Å²) in [6.45, 7) is 2.60. The van der Waals surface area contributed by atoms with Crippen LogP contribution in [0.15, 0.2) is 6.07 Å². The zero-order valence-electron chi connectivity index (χ0n) is 11.8. The van der Waals surface area contributed by atoms with Gasteiger partial charge in [-0.3, -0.25) is 0 Å². The predicted molar refractivity (Wildman–Crippen MR) is 73.3 cm³/mol. The van der Waals surface area contributed by atoms with Gasteiger partial charge in [-0.25, -0.2) is 9.97 Å². The maximum Gasteiger partial charge on any atom is 0.451 e. The molecule has 1 heterocycles. The fourth-order valence-electron chi connectivity index (χ4n) is 2.03. The predicted octanol–water partition coefficient (Wildman–Crippen LogP) is 2.28. The molecule has 1 aromatic rings. The lowest BCUT2D eigenvalue weighted by Gasteiger charge is -2.23. The Kier molecular flexibility index (Phi) is 4.87. The first-order chi connectivity index (χ1) is 9.95. The SMILES string of the molecule is CCCNc1cc(N(CCO)C2CC2)nc(C(F)(F)F)n1. The number of aromatic nitrogens is 2. The Bertz CT molecular complexity index is 477. The topological polar surface area (TPSA) is 61.3 Å². The summed E-state index contributed by atoms with van der Waals surface area (Å²) in [5.74, 6) is -0.771. The fraction of sp³-hybridized carbons (Fsp3) is 0.692. The number of halogens is 3. The molecule has 1 fully saturated rings. The number of anilines is 2. The maximum atomic E-state index is 12.9. The van der Waals surface area contributed by atoms with Gasteiger partial charge in [-0.05, 0) is 19.3 Å². The van der Waals surface area contributed by atoms with Crippen molar-refractivity contribution >= 4 is 11.6 Å². The summed E-state index contributed by atoms with van der Waals surface area (Å²) < 4.78 is 38.7. The summed E-state index contributed by atoms with van der Waals surface area (Å²) in [4.78, 5) is 8.88. The summed E-state index contributed by atoms with van der Waals surface area (Å²) >= 11 is 0. The molecular weight excluding hydrogens is 285 g/mol. The van der Waals surface area contributed by atoms with Gasteiger partial charge >= 0.3 is 6.18 Å². The molecule has 0 aromatic carbocycles. The number of aliphatic hydroxyl groups excluding tert-OH is 1. The van der Waals surface area contributed by atoms with Crippen molar-refractivity contribution in [2.45, 2.75) is 38.4 Å². The van der Waals surface area contributed by atoms with Crippen molar-refractivity contribution in [3.05, 3.63) is 11.9 Å². The third kappa shape index (κ3) is 4.20. The molecule has 2 N–H and O–H groups in total. The van der Waals surface area contributed by atoms with E-state index < -0.39 is 12.0 Å². The summed E-state index contributed by atoms with van der Waals surface area (Å²) in [7, 11) is 0. The third-order valence-electron chi connectivity index (χ3n) is 3.15. The average Bonchev–Trinajstić information content (AvgIpc) is 3.25. The molecule has 0 radical (unpaired) electrons. The second-order valence-corrected chi connectivity index (χ2v) is 5.01. The molecule has 0 amide bonds. The largest absolute Gasteiger partial charge is 0.451 e. The lowest BCUT2D eigenvalue weighted by Crippen LogP contribution is -2.31. The summed E-state index contributed by atoms with van der Waals surface area (Å²) in [6, 6.07) is 1.67. The van der Waals surface area contributed by atoms with Crippen LogP contribution in [0.5, 0.6) is 0 Å². The number of hydrogen-bond acceptors (Lipinski definition) is 5. The lowest BCUT2D eigenvalue weighted by atomic mass is 10.3. The van der Waals surface area contributed by atoms with E-state index >= 15 is 0 Å². The fourth-order valence-corrected chi connectivity index (χ4v) is 2.03. The first-order valence-corrected chi connectivity index (χ1v) is 7.03. The van der Waals surface area contributed by atoms with Crippen molar-refractivity contribution in [3.8, 4) is 0 Å². The van der Waals surface area contributed by atoms with Crippen LogP contribution in [-0.2, 0) is 6.18 Å². The van der Waals surface area contributed by atoms with Gasteiger partial charge in [-0.1, -0.05) is 6.92 Å². The maximum absolute atomic E-state index is 12.9. The number of alkyl halides is 3. The van der Waals surface area contributed by atoms with Crippen LogP contribution in [-0.4, -0.2) is 40.8 Å². The summed E-state index contributed by atoms with van der Waals surface area (Å²) in [5, 5.41) is 12.0. The van der Waals surface area contributed by atoms with Gasteiger partial charge in [-0.15, -0.1) is 0 Å². The molecule has 0 spiro atoms. The molecule has 21 heavy (non-hydrogen) atoms. The van der Waals surface area contributed by atoms with E-state index in [-0.39, 0.29) is 30.8 Å². The van der Waals surface area contributed by atoms with Gasteiger partial charge in [-0.2, -0.15) is 13.2 Å². The lowest BCUT2D eigenvalue weighted by molar-refractivity contribution is -0.144. The van der Waals surface area contributed by atoms with Gasteiger partial charge in [0, 0.05) is 25.2 Å². The Morgan fingerprint density at radius 1 is 1.38 bits per heavy atom. The standard InChI is InChI=1S/C13H19F3N4O/c1-2-5-17-10-8-11(19-12(18-10)13(14,15)16)20(6-7-21)9-3-4-9/h8-9,21H,2-7H2,1H3,(H,17,18,19). The molecule has 1 aliphatic rings. The summed E-state index contributed by atoms with van der Waals surface area (Å²) in [5.41, 5.74) is 0. The minimum absolute atomic E-state index is 0.125. The van der Waals surface area contributed by atoms with Crippen LogP contribution in [0.3, 0.4) is 0 Å². The number of hydrogen-bond donors (Lipinski definition) is 2. The van der Waals surface area contributed by atoms with Crippen molar-refractivity contribution < 1.29 is 18.3 Å². The number of nitrogens with one attached hydrogen (secondary N) is 1. The van der Waals surface area contributed by atoms with Gasteiger partial charge in [0.2, 0.25) is 5.82 Å². The van der Waals surface area contributed by atoms with Crippen molar-refractivity contribution in [2.75, 3.05) is 29.9 Å². The molecule has 5 nitrogen and oxygen atoms in total. The molecule has 118 valence electrons. The van der Waals surface area contributed by atoms with Crippen LogP contribution in [0.2, 0.25) is 0 Å². The number of nitrogens with zero attached hydrogens (tertiary/aromatic N) is 3. The highest BCUT2D eigenvalue weighted by atomic mass is 19.4. The molecule has 0 bridgehead atoms. The monoisotopic (exact) mass is 304 g/mol. The molecule has 8 heteroatoms. The van der Waals surface area contributed by atoms with Gasteiger partial charge in [0.1, 0.15) is 11.6 Å². The Balaban J connectivity index is 2.33. The van der Waals surface area contributed by atoms with E-state index in [0.717, 1.165) is 19.3 Å². The van der Waals surface area contributed by atoms with Crippen LogP contribution >= 0.6 is 0 Å². The van der Waals surface area contributed by atoms with E-state index in [1.54, 1.807) is 4.90 Å². The van der Waals surface area contributed by atoms with E-state index in [9.17, 15) is 13.2 Å². The number of rotatable bonds is 7. The second kappa shape index (κ2) is 6.46. The van der Waals surface area contributed by atoms with Gasteiger partial charge in [0.15, 0.2) is 0 Å². The highest BCUT2D eigenvalue weighted by Crippen LogP contribution is 2.34. The van der Waals surface area contributed by atoms with E-state index in [1.807, 2.05) is 6.92 Å². The minimum atomic E-state index is -4.59. The van der Waals surface area contributed by atoms with Crippen molar-refractivity contribution in [3.63, 3.8) is 0 Å². The highest BCUT2D eigenvalue weighted by Gasteiger charge is 2.37. The molecule has 1 aliphatic carbocycles. The van der Waals surface area contributed by atoms with Crippen molar-refractivity contribution in [1.82, 2.24) is 9.97 Å². The first kappa shape index (κ1) is 15.8. The zero-order valence-corrected chi connectivity index (χ0v) is 11.8. The zero-order chi connectivity index (χ0) is 15.5. The highest BCUT2D eigenvalue weighted by molar-refractivity contribution is 5.51. The smallest absolute Gasteiger partial charge is 0.395 e. The van der Waals surface area contributed by atoms with E-state index in [4.69, 9.17) is 5.11 Å². The van der Waals surface area contributed by atoms with Crippen LogP contribution in [0.4, 0.5) is 24.8 Å². The average molecular weight is 304 g/mol. The van der Waals surface area contributed by atoms with Crippen LogP contribution in [0, 0.1) is 0 Å². The van der Waals surface area contributed by atoms with Crippen molar-refractivity contribution in [1.29, 1.82) is 0 Å². The van der Waals surface area contributed by atoms with Gasteiger partial charge in [0.05, 0.1) is 6.61 Å². The van der Waals surface area contributed by atoms with E-state index in [2.05, 4.69) is 15.3 Å². The molecule has 0 saturated heterocycles. The molecular formula is C13H19F3N4O. The normalized spacial score (nSPS) is 15.1. The van der Waals surface area contributed by atoms with Crippen molar-refractivity contribution in [2.24, 2.45) is 0 Å². The molecule has 0 aliphatic heterocycles.